The van der Waals surface area contributed by atoms with Gasteiger partial charge in [0.25, 0.3) is 0 Å². The van der Waals surface area contributed by atoms with E-state index in [4.69, 9.17) is 40.0 Å². The van der Waals surface area contributed by atoms with Crippen LogP contribution >= 0.6 is 11.6 Å². The van der Waals surface area contributed by atoms with Crippen molar-refractivity contribution in [3.8, 4) is 11.5 Å². The fourth-order valence-corrected chi connectivity index (χ4v) is 4.47. The van der Waals surface area contributed by atoms with Crippen LogP contribution in [0.1, 0.15) is 63.7 Å². The molecule has 0 bridgehead atoms. The average Bonchev–Trinajstić information content (AvgIpc) is 3.39. The van der Waals surface area contributed by atoms with Crippen molar-refractivity contribution in [3.05, 3.63) is 58.6 Å². The standard InChI is InChI=1S/C32H44ClNO9/c1-4-6-13-38-15-17-40-30(36)32(31(37)41-18-16-39-14-7-5-2)42-28-12-11-24(20-29(28)43-32)19-23(3)34-22-27(35)25-9-8-10-26(33)21-25/h8-12,20-21,23,27,34-35H,4-7,13-19,22H2,1-3H3. The van der Waals surface area contributed by atoms with Crippen LogP contribution in [0.3, 0.4) is 0 Å². The maximum atomic E-state index is 13.2. The number of aliphatic hydroxyl groups excluding tert-OH is 1. The number of nitrogens with one attached hydrogen (secondary N) is 1. The van der Waals surface area contributed by atoms with Crippen LogP contribution < -0.4 is 14.8 Å². The van der Waals surface area contributed by atoms with E-state index >= 15 is 0 Å². The molecule has 2 aromatic carbocycles. The number of rotatable bonds is 20. The fourth-order valence-electron chi connectivity index (χ4n) is 4.27. The van der Waals surface area contributed by atoms with Crippen LogP contribution in [0.5, 0.6) is 11.5 Å². The third-order valence-corrected chi connectivity index (χ3v) is 6.93. The summed E-state index contributed by atoms with van der Waals surface area (Å²) in [6, 6.07) is 12.3. The first-order valence-corrected chi connectivity index (χ1v) is 15.3. The number of fused-ring (bicyclic) bond motifs is 1. The second kappa shape index (κ2) is 18.0. The third-order valence-electron chi connectivity index (χ3n) is 6.69. The molecule has 3 rings (SSSR count). The Labute approximate surface area is 258 Å². The molecule has 0 radical (unpaired) electrons. The molecule has 0 saturated carbocycles. The van der Waals surface area contributed by atoms with Crippen LogP contribution in [0.4, 0.5) is 0 Å². The molecular weight excluding hydrogens is 578 g/mol. The van der Waals surface area contributed by atoms with Gasteiger partial charge in [-0.2, -0.15) is 0 Å². The van der Waals surface area contributed by atoms with Crippen LogP contribution in [-0.4, -0.2) is 75.1 Å². The Morgan fingerprint density at radius 1 is 0.884 bits per heavy atom. The number of hydrogen-bond donors (Lipinski definition) is 2. The van der Waals surface area contributed by atoms with Gasteiger partial charge in [0.1, 0.15) is 13.2 Å². The van der Waals surface area contributed by atoms with E-state index in [0.717, 1.165) is 36.8 Å². The smallest absolute Gasteiger partial charge is 0.453 e. The van der Waals surface area contributed by atoms with Crippen LogP contribution in [0.2, 0.25) is 5.02 Å². The van der Waals surface area contributed by atoms with Gasteiger partial charge in [0.05, 0.1) is 19.3 Å². The van der Waals surface area contributed by atoms with E-state index in [2.05, 4.69) is 19.2 Å². The highest BCUT2D eigenvalue weighted by Gasteiger charge is 2.59. The zero-order valence-electron chi connectivity index (χ0n) is 25.3. The van der Waals surface area contributed by atoms with Gasteiger partial charge in [-0.3, -0.25) is 0 Å². The Balaban J connectivity index is 1.61. The molecule has 11 heteroatoms. The lowest BCUT2D eigenvalue weighted by molar-refractivity contribution is -0.204. The minimum Gasteiger partial charge on any atom is -0.457 e. The van der Waals surface area contributed by atoms with E-state index in [1.165, 1.54) is 0 Å². The largest absolute Gasteiger partial charge is 0.457 e. The summed E-state index contributed by atoms with van der Waals surface area (Å²) < 4.78 is 33.2. The molecule has 1 aliphatic heterocycles. The molecule has 1 heterocycles. The van der Waals surface area contributed by atoms with Crippen molar-refractivity contribution in [2.45, 2.75) is 70.8 Å². The first-order valence-electron chi connectivity index (χ1n) is 15.0. The molecule has 2 aromatic rings. The Morgan fingerprint density at radius 2 is 1.51 bits per heavy atom. The minimum absolute atomic E-state index is 0.0192. The fraction of sp³-hybridized carbons (Fsp3) is 0.562. The molecule has 0 amide bonds. The molecule has 10 nitrogen and oxygen atoms in total. The Morgan fingerprint density at radius 3 is 2.12 bits per heavy atom. The zero-order chi connectivity index (χ0) is 31.1. The zero-order valence-corrected chi connectivity index (χ0v) is 26.0. The van der Waals surface area contributed by atoms with E-state index in [9.17, 15) is 14.7 Å². The van der Waals surface area contributed by atoms with Gasteiger partial charge in [-0.25, -0.2) is 9.59 Å². The molecule has 2 unspecified atom stereocenters. The Kier molecular flexibility index (Phi) is 14.5. The van der Waals surface area contributed by atoms with Gasteiger partial charge in [-0.15, -0.1) is 0 Å². The number of carbonyl (C=O) groups is 2. The molecule has 43 heavy (non-hydrogen) atoms. The first-order chi connectivity index (χ1) is 20.8. The highest BCUT2D eigenvalue weighted by atomic mass is 35.5. The number of carbonyl (C=O) groups excluding carboxylic acids is 2. The molecule has 1 aliphatic rings. The maximum absolute atomic E-state index is 13.2. The van der Waals surface area contributed by atoms with E-state index < -0.39 is 23.8 Å². The second-order valence-electron chi connectivity index (χ2n) is 10.4. The Hall–Kier alpha value is -2.89. The van der Waals surface area contributed by atoms with Crippen molar-refractivity contribution in [2.75, 3.05) is 46.2 Å². The predicted molar refractivity (Wildman–Crippen MR) is 161 cm³/mol. The number of unbranched alkanes of at least 4 members (excludes halogenated alkanes) is 2. The van der Waals surface area contributed by atoms with Crippen molar-refractivity contribution in [1.82, 2.24) is 5.32 Å². The molecule has 0 spiro atoms. The van der Waals surface area contributed by atoms with Crippen LogP contribution in [0, 0.1) is 0 Å². The summed E-state index contributed by atoms with van der Waals surface area (Å²) in [4.78, 5) is 26.4. The number of halogens is 1. The molecular formula is C32H44ClNO9. The highest BCUT2D eigenvalue weighted by molar-refractivity contribution is 6.30. The van der Waals surface area contributed by atoms with E-state index in [0.29, 0.717) is 31.2 Å². The number of aliphatic hydroxyl groups is 1. The lowest BCUT2D eigenvalue weighted by atomic mass is 10.1. The van der Waals surface area contributed by atoms with E-state index in [1.807, 2.05) is 19.1 Å². The topological polar surface area (TPSA) is 122 Å². The number of hydrogen-bond acceptors (Lipinski definition) is 10. The van der Waals surface area contributed by atoms with Gasteiger partial charge in [-0.05, 0) is 61.6 Å². The summed E-state index contributed by atoms with van der Waals surface area (Å²) in [7, 11) is 0. The van der Waals surface area contributed by atoms with Crippen molar-refractivity contribution >= 4 is 23.5 Å². The van der Waals surface area contributed by atoms with Crippen molar-refractivity contribution in [1.29, 1.82) is 0 Å². The molecule has 2 atom stereocenters. The molecule has 0 saturated heterocycles. The maximum Gasteiger partial charge on any atom is 0.453 e. The van der Waals surface area contributed by atoms with Crippen molar-refractivity contribution < 1.29 is 43.1 Å². The highest BCUT2D eigenvalue weighted by Crippen LogP contribution is 2.41. The SMILES string of the molecule is CCCCOCCOC(=O)C1(C(=O)OCCOCCCC)Oc2ccc(CC(C)NCC(O)c3cccc(Cl)c3)cc2O1. The molecule has 0 aliphatic carbocycles. The summed E-state index contributed by atoms with van der Waals surface area (Å²) in [6.45, 7) is 7.72. The summed E-state index contributed by atoms with van der Waals surface area (Å²) in [5.74, 6) is -4.04. The lowest BCUT2D eigenvalue weighted by Crippen LogP contribution is -2.56. The number of esters is 2. The molecule has 0 fully saturated rings. The van der Waals surface area contributed by atoms with Gasteiger partial charge in [0.15, 0.2) is 11.5 Å². The summed E-state index contributed by atoms with van der Waals surface area (Å²) >= 11 is 6.04. The molecule has 2 N–H and O–H groups in total. The van der Waals surface area contributed by atoms with Gasteiger partial charge in [0.2, 0.25) is 0 Å². The number of ether oxygens (including phenoxy) is 6. The summed E-state index contributed by atoms with van der Waals surface area (Å²) in [6.07, 6.45) is 3.61. The normalized spacial score (nSPS) is 14.7. The van der Waals surface area contributed by atoms with Gasteiger partial charge in [0, 0.05) is 30.8 Å². The van der Waals surface area contributed by atoms with E-state index in [-0.39, 0.29) is 44.0 Å². The summed E-state index contributed by atoms with van der Waals surface area (Å²) in [5, 5.41) is 14.4. The minimum atomic E-state index is -2.43. The monoisotopic (exact) mass is 621 g/mol. The third kappa shape index (κ3) is 10.7. The van der Waals surface area contributed by atoms with Crippen molar-refractivity contribution in [3.63, 3.8) is 0 Å². The second-order valence-corrected chi connectivity index (χ2v) is 10.8. The number of benzene rings is 2. The average molecular weight is 622 g/mol. The van der Waals surface area contributed by atoms with Crippen molar-refractivity contribution in [2.24, 2.45) is 0 Å². The first kappa shape index (κ1) is 34.6. The lowest BCUT2D eigenvalue weighted by Gasteiger charge is -2.23. The van der Waals surface area contributed by atoms with Crippen LogP contribution in [0.25, 0.3) is 0 Å². The van der Waals surface area contributed by atoms with E-state index in [1.54, 1.807) is 30.3 Å². The van der Waals surface area contributed by atoms with Crippen LogP contribution in [0.15, 0.2) is 42.5 Å². The predicted octanol–water partition coefficient (Wildman–Crippen LogP) is 4.78. The molecule has 238 valence electrons. The molecule has 0 aromatic heterocycles. The van der Waals surface area contributed by atoms with Gasteiger partial charge < -0.3 is 38.8 Å². The van der Waals surface area contributed by atoms with Crippen LogP contribution in [-0.2, 0) is 35.0 Å². The summed E-state index contributed by atoms with van der Waals surface area (Å²) in [5.41, 5.74) is 1.59. The Bertz CT molecular complexity index is 1130. The quantitative estimate of drug-likeness (QED) is 0.121. The van der Waals surface area contributed by atoms with Gasteiger partial charge in [-0.1, -0.05) is 56.5 Å². The van der Waals surface area contributed by atoms with Gasteiger partial charge >= 0.3 is 17.7 Å².